The van der Waals surface area contributed by atoms with Crippen molar-refractivity contribution in [3.63, 3.8) is 0 Å². The molecule has 0 spiro atoms. The monoisotopic (exact) mass is 480 g/mol. The molecule has 1 amide bonds. The summed E-state index contributed by atoms with van der Waals surface area (Å²) < 4.78 is 26.0. The number of hydrogen-bond donors (Lipinski definition) is 1. The van der Waals surface area contributed by atoms with Crippen LogP contribution in [-0.4, -0.2) is 33.0 Å². The van der Waals surface area contributed by atoms with Crippen molar-refractivity contribution in [2.24, 2.45) is 0 Å². The Morgan fingerprint density at radius 1 is 1.15 bits per heavy atom. The maximum Gasteiger partial charge on any atom is 0.233 e. The minimum Gasteiger partial charge on any atom is -0.497 e. The van der Waals surface area contributed by atoms with Gasteiger partial charge in [0.05, 0.1) is 31.2 Å². The number of nitrogens with zero attached hydrogens (tertiary/aromatic N) is 3. The van der Waals surface area contributed by atoms with Gasteiger partial charge in [-0.1, -0.05) is 36.0 Å². The van der Waals surface area contributed by atoms with Crippen molar-refractivity contribution in [1.29, 1.82) is 0 Å². The van der Waals surface area contributed by atoms with Crippen molar-refractivity contribution in [1.82, 2.24) is 20.1 Å². The number of nitrogens with one attached hydrogen (secondary N) is 1. The summed E-state index contributed by atoms with van der Waals surface area (Å²) in [4.78, 5) is 12.9. The minimum absolute atomic E-state index is 0.155. The summed E-state index contributed by atoms with van der Waals surface area (Å²) in [5, 5.41) is 11.9. The van der Waals surface area contributed by atoms with Crippen LogP contribution in [0.3, 0.4) is 0 Å². The summed E-state index contributed by atoms with van der Waals surface area (Å²) in [7, 11) is 1.61. The van der Waals surface area contributed by atoms with Crippen LogP contribution in [0.15, 0.2) is 76.5 Å². The quantitative estimate of drug-likeness (QED) is 0.336. The van der Waals surface area contributed by atoms with Gasteiger partial charge in [-0.15, -0.1) is 10.2 Å². The highest BCUT2D eigenvalue weighted by Gasteiger charge is 2.23. The number of amides is 1. The Balaban J connectivity index is 1.54. The Labute approximate surface area is 201 Å². The molecule has 0 aliphatic carbocycles. The number of thioether (sulfide) groups is 1. The van der Waals surface area contributed by atoms with E-state index in [1.807, 2.05) is 54.8 Å². The average Bonchev–Trinajstić information content (AvgIpc) is 3.50. The lowest BCUT2D eigenvalue weighted by Crippen LogP contribution is -2.33. The number of benzene rings is 2. The zero-order valence-corrected chi connectivity index (χ0v) is 19.9. The highest BCUT2D eigenvalue weighted by Crippen LogP contribution is 2.30. The summed E-state index contributed by atoms with van der Waals surface area (Å²) in [5.41, 5.74) is 1.67. The van der Waals surface area contributed by atoms with Crippen LogP contribution in [-0.2, 0) is 11.3 Å². The summed E-state index contributed by atoms with van der Waals surface area (Å²) in [6.07, 6.45) is 1.62. The van der Waals surface area contributed by atoms with E-state index in [0.29, 0.717) is 23.3 Å². The van der Waals surface area contributed by atoms with Gasteiger partial charge in [0.2, 0.25) is 5.91 Å². The van der Waals surface area contributed by atoms with Crippen molar-refractivity contribution >= 4 is 17.7 Å². The summed E-state index contributed by atoms with van der Waals surface area (Å²) in [6, 6.07) is 17.1. The van der Waals surface area contributed by atoms with Gasteiger partial charge in [0.1, 0.15) is 17.3 Å². The summed E-state index contributed by atoms with van der Waals surface area (Å²) in [6.45, 7) is 4.09. The molecule has 0 unspecified atom stereocenters. The molecular formula is C25H25FN4O3S. The van der Waals surface area contributed by atoms with Gasteiger partial charge in [0.15, 0.2) is 11.0 Å². The van der Waals surface area contributed by atoms with Crippen molar-refractivity contribution < 1.29 is 18.3 Å². The standard InChI is InChI=1S/C25H25FN4O3S/c1-16(18-9-11-20(26)12-10-18)27-24(31)17(2)34-25-29-28-23(19-6-4-7-21(14-19)32-3)30(25)15-22-8-5-13-33-22/h4-14,16-17H,15H2,1-3H3,(H,27,31)/t16-,17-/m0/s1. The van der Waals surface area contributed by atoms with Gasteiger partial charge in [0.25, 0.3) is 0 Å². The van der Waals surface area contributed by atoms with E-state index in [2.05, 4.69) is 15.5 Å². The van der Waals surface area contributed by atoms with Crippen LogP contribution in [0.2, 0.25) is 0 Å². The Morgan fingerprint density at radius 3 is 2.65 bits per heavy atom. The van der Waals surface area contributed by atoms with Crippen LogP contribution in [0.1, 0.15) is 31.2 Å². The number of rotatable bonds is 9. The fourth-order valence-electron chi connectivity index (χ4n) is 3.43. The molecular weight excluding hydrogens is 455 g/mol. The maximum atomic E-state index is 13.2. The van der Waals surface area contributed by atoms with E-state index in [9.17, 15) is 9.18 Å². The number of aromatic nitrogens is 3. The number of carbonyl (C=O) groups is 1. The second-order valence-corrected chi connectivity index (χ2v) is 9.05. The molecule has 1 N–H and O–H groups in total. The van der Waals surface area contributed by atoms with Crippen LogP contribution < -0.4 is 10.1 Å². The lowest BCUT2D eigenvalue weighted by Gasteiger charge is -2.18. The average molecular weight is 481 g/mol. The van der Waals surface area contributed by atoms with Crippen molar-refractivity contribution in [2.45, 2.75) is 36.8 Å². The molecule has 7 nitrogen and oxygen atoms in total. The van der Waals surface area contributed by atoms with Gasteiger partial charge in [-0.25, -0.2) is 4.39 Å². The first-order chi connectivity index (χ1) is 16.4. The molecule has 4 rings (SSSR count). The van der Waals surface area contributed by atoms with Crippen LogP contribution in [0, 0.1) is 5.82 Å². The highest BCUT2D eigenvalue weighted by molar-refractivity contribution is 8.00. The normalized spacial score (nSPS) is 12.8. The van der Waals surface area contributed by atoms with Crippen LogP contribution in [0.25, 0.3) is 11.4 Å². The third-order valence-electron chi connectivity index (χ3n) is 5.32. The van der Waals surface area contributed by atoms with Gasteiger partial charge < -0.3 is 14.5 Å². The van der Waals surface area contributed by atoms with Crippen molar-refractivity contribution in [3.05, 3.63) is 84.1 Å². The molecule has 0 saturated heterocycles. The third-order valence-corrected chi connectivity index (χ3v) is 6.40. The Morgan fingerprint density at radius 2 is 1.94 bits per heavy atom. The van der Waals surface area contributed by atoms with Gasteiger partial charge >= 0.3 is 0 Å². The van der Waals surface area contributed by atoms with E-state index in [1.54, 1.807) is 25.5 Å². The van der Waals surface area contributed by atoms with E-state index in [4.69, 9.17) is 9.15 Å². The summed E-state index contributed by atoms with van der Waals surface area (Å²) >= 11 is 1.31. The lowest BCUT2D eigenvalue weighted by atomic mass is 10.1. The predicted molar refractivity (Wildman–Crippen MR) is 128 cm³/mol. The lowest BCUT2D eigenvalue weighted by molar-refractivity contribution is -0.120. The largest absolute Gasteiger partial charge is 0.497 e. The van der Waals surface area contributed by atoms with Crippen molar-refractivity contribution in [2.75, 3.05) is 7.11 Å². The minimum atomic E-state index is -0.444. The molecule has 0 saturated carbocycles. The second-order valence-electron chi connectivity index (χ2n) is 7.75. The number of hydrogen-bond acceptors (Lipinski definition) is 6. The molecule has 2 heterocycles. The first-order valence-corrected chi connectivity index (χ1v) is 11.6. The number of methoxy groups -OCH3 is 1. The smallest absolute Gasteiger partial charge is 0.233 e. The Hall–Kier alpha value is -3.59. The molecule has 34 heavy (non-hydrogen) atoms. The molecule has 9 heteroatoms. The predicted octanol–water partition coefficient (Wildman–Crippen LogP) is 5.09. The highest BCUT2D eigenvalue weighted by atomic mass is 32.2. The van der Waals surface area contributed by atoms with E-state index in [1.165, 1.54) is 23.9 Å². The van der Waals surface area contributed by atoms with E-state index < -0.39 is 5.25 Å². The number of furan rings is 1. The maximum absolute atomic E-state index is 13.2. The van der Waals surface area contributed by atoms with Crippen LogP contribution in [0.5, 0.6) is 5.75 Å². The molecule has 0 bridgehead atoms. The van der Waals surface area contributed by atoms with Crippen LogP contribution in [0.4, 0.5) is 4.39 Å². The van der Waals surface area contributed by atoms with Gasteiger partial charge in [-0.2, -0.15) is 0 Å². The van der Waals surface area contributed by atoms with Gasteiger partial charge in [-0.3, -0.25) is 9.36 Å². The molecule has 2 aromatic heterocycles. The Bertz CT molecular complexity index is 1240. The first-order valence-electron chi connectivity index (χ1n) is 10.8. The molecule has 2 aromatic carbocycles. The van der Waals surface area contributed by atoms with E-state index >= 15 is 0 Å². The molecule has 2 atom stereocenters. The fraction of sp³-hybridized carbons (Fsp3) is 0.240. The SMILES string of the molecule is COc1cccc(-c2nnc(S[C@@H](C)C(=O)N[C@@H](C)c3ccc(F)cc3)n2Cc2ccco2)c1. The molecule has 0 fully saturated rings. The van der Waals surface area contributed by atoms with Gasteiger partial charge in [-0.05, 0) is 55.8 Å². The molecule has 0 aliphatic rings. The fourth-order valence-corrected chi connectivity index (χ4v) is 4.29. The van der Waals surface area contributed by atoms with E-state index in [-0.39, 0.29) is 17.8 Å². The number of halogens is 1. The number of carbonyl (C=O) groups excluding carboxylic acids is 1. The number of ether oxygens (including phenoxy) is 1. The zero-order chi connectivity index (χ0) is 24.1. The molecule has 0 aliphatic heterocycles. The van der Waals surface area contributed by atoms with Gasteiger partial charge in [0, 0.05) is 5.56 Å². The molecule has 4 aromatic rings. The van der Waals surface area contributed by atoms with Crippen molar-refractivity contribution in [3.8, 4) is 17.1 Å². The molecule has 176 valence electrons. The third kappa shape index (κ3) is 5.48. The first kappa shape index (κ1) is 23.6. The topological polar surface area (TPSA) is 82.2 Å². The summed E-state index contributed by atoms with van der Waals surface area (Å²) in [5.74, 6) is 1.63. The molecule has 0 radical (unpaired) electrons. The van der Waals surface area contributed by atoms with Crippen LogP contribution >= 0.6 is 11.8 Å². The Kier molecular flexibility index (Phi) is 7.32. The zero-order valence-electron chi connectivity index (χ0n) is 19.1. The van der Waals surface area contributed by atoms with E-state index in [0.717, 1.165) is 16.9 Å². The second kappa shape index (κ2) is 10.6.